The zero-order valence-electron chi connectivity index (χ0n) is 11.9. The van der Waals surface area contributed by atoms with Gasteiger partial charge in [-0.05, 0) is 43.4 Å². The molecule has 0 aromatic heterocycles. The Balaban J connectivity index is 1.96. The van der Waals surface area contributed by atoms with Gasteiger partial charge in [0, 0.05) is 25.6 Å². The Kier molecular flexibility index (Phi) is 3.85. The fraction of sp³-hybridized carbons (Fsp3) is 0.929. The zero-order valence-corrected chi connectivity index (χ0v) is 11.9. The highest BCUT2D eigenvalue weighted by Crippen LogP contribution is 2.50. The summed E-state index contributed by atoms with van der Waals surface area (Å²) in [6.45, 7) is 9.35. The van der Waals surface area contributed by atoms with E-state index in [4.69, 9.17) is 10.9 Å². The number of rotatable bonds is 4. The van der Waals surface area contributed by atoms with Crippen LogP contribution in [-0.4, -0.2) is 35.1 Å². The number of amidine groups is 1. The van der Waals surface area contributed by atoms with E-state index in [0.717, 1.165) is 24.8 Å². The fourth-order valence-corrected chi connectivity index (χ4v) is 3.46. The topological polar surface area (TPSA) is 61.8 Å². The summed E-state index contributed by atoms with van der Waals surface area (Å²) in [5.41, 5.74) is 5.97. The van der Waals surface area contributed by atoms with E-state index in [0.29, 0.717) is 17.3 Å². The van der Waals surface area contributed by atoms with Crippen LogP contribution in [0.2, 0.25) is 0 Å². The molecular formula is C14H27N3O. The third-order valence-electron chi connectivity index (χ3n) is 4.90. The summed E-state index contributed by atoms with van der Waals surface area (Å²) < 4.78 is 0. The Morgan fingerprint density at radius 1 is 1.39 bits per heavy atom. The quantitative estimate of drug-likeness (QED) is 0.350. The highest BCUT2D eigenvalue weighted by molar-refractivity contribution is 5.80. The van der Waals surface area contributed by atoms with Crippen LogP contribution in [0.25, 0.3) is 0 Å². The molecule has 18 heavy (non-hydrogen) atoms. The molecule has 1 heterocycles. The average molecular weight is 253 g/mol. The summed E-state index contributed by atoms with van der Waals surface area (Å²) in [5.74, 6) is 1.95. The molecular weight excluding hydrogens is 226 g/mol. The van der Waals surface area contributed by atoms with Crippen molar-refractivity contribution >= 4 is 5.84 Å². The lowest BCUT2D eigenvalue weighted by Gasteiger charge is -2.42. The first-order valence-electron chi connectivity index (χ1n) is 7.16. The van der Waals surface area contributed by atoms with E-state index in [2.05, 4.69) is 30.8 Å². The molecule has 2 rings (SSSR count). The first kappa shape index (κ1) is 13.7. The lowest BCUT2D eigenvalue weighted by Crippen LogP contribution is -2.48. The molecule has 1 aliphatic carbocycles. The van der Waals surface area contributed by atoms with E-state index in [1.165, 1.54) is 25.8 Å². The Labute approximate surface area is 110 Å². The van der Waals surface area contributed by atoms with E-state index in [9.17, 15) is 0 Å². The number of hydrogen-bond acceptors (Lipinski definition) is 3. The molecule has 2 fully saturated rings. The van der Waals surface area contributed by atoms with Crippen molar-refractivity contribution < 1.29 is 5.21 Å². The van der Waals surface area contributed by atoms with E-state index >= 15 is 0 Å². The molecule has 0 spiro atoms. The molecule has 0 aromatic rings. The van der Waals surface area contributed by atoms with E-state index in [1.807, 2.05) is 0 Å². The number of nitrogens with two attached hydrogens (primary N) is 1. The number of likely N-dealkylation sites (tertiary alicyclic amines) is 1. The van der Waals surface area contributed by atoms with Crippen LogP contribution in [0.15, 0.2) is 5.16 Å². The predicted octanol–water partition coefficient (Wildman–Crippen LogP) is 2.27. The van der Waals surface area contributed by atoms with Crippen molar-refractivity contribution in [3.8, 4) is 0 Å². The van der Waals surface area contributed by atoms with Gasteiger partial charge in [0.1, 0.15) is 5.84 Å². The maximum atomic E-state index is 8.72. The average Bonchev–Trinajstić information content (AvgIpc) is 3.05. The standard InChI is InChI=1S/C14H27N3O/c1-10-6-11(2)12(3)17(8-10)9-14(4-5-14)7-13(15)16-18/h10-12,18H,4-9H2,1-3H3,(H2,15,16). The van der Waals surface area contributed by atoms with Crippen molar-refractivity contribution in [3.63, 3.8) is 0 Å². The van der Waals surface area contributed by atoms with E-state index in [1.54, 1.807) is 0 Å². The predicted molar refractivity (Wildman–Crippen MR) is 73.7 cm³/mol. The second-order valence-electron chi connectivity index (χ2n) is 6.76. The van der Waals surface area contributed by atoms with Gasteiger partial charge in [-0.15, -0.1) is 0 Å². The Hall–Kier alpha value is -0.770. The van der Waals surface area contributed by atoms with Crippen molar-refractivity contribution in [2.75, 3.05) is 13.1 Å². The largest absolute Gasteiger partial charge is 0.409 e. The number of oxime groups is 1. The van der Waals surface area contributed by atoms with Crippen LogP contribution in [0.3, 0.4) is 0 Å². The van der Waals surface area contributed by atoms with Gasteiger partial charge in [-0.2, -0.15) is 0 Å². The number of hydrogen-bond donors (Lipinski definition) is 2. The molecule has 3 atom stereocenters. The van der Waals surface area contributed by atoms with Gasteiger partial charge < -0.3 is 10.9 Å². The molecule has 0 aromatic carbocycles. The normalized spacial score (nSPS) is 36.6. The molecule has 4 heteroatoms. The Morgan fingerprint density at radius 3 is 2.61 bits per heavy atom. The summed E-state index contributed by atoms with van der Waals surface area (Å²) in [6.07, 6.45) is 4.52. The molecule has 3 N–H and O–H groups in total. The molecule has 0 radical (unpaired) electrons. The smallest absolute Gasteiger partial charge is 0.139 e. The molecule has 2 aliphatic rings. The van der Waals surface area contributed by atoms with Gasteiger partial charge in [-0.3, -0.25) is 4.90 Å². The van der Waals surface area contributed by atoms with Crippen LogP contribution in [0.5, 0.6) is 0 Å². The van der Waals surface area contributed by atoms with Crippen LogP contribution >= 0.6 is 0 Å². The summed E-state index contributed by atoms with van der Waals surface area (Å²) in [6, 6.07) is 0.658. The lowest BCUT2D eigenvalue weighted by molar-refractivity contribution is 0.0611. The molecule has 0 bridgehead atoms. The molecule has 1 saturated carbocycles. The van der Waals surface area contributed by atoms with Gasteiger partial charge in [0.25, 0.3) is 0 Å². The molecule has 1 aliphatic heterocycles. The van der Waals surface area contributed by atoms with Gasteiger partial charge in [-0.1, -0.05) is 19.0 Å². The second kappa shape index (κ2) is 5.08. The molecule has 4 nitrogen and oxygen atoms in total. The Bertz CT molecular complexity index is 325. The lowest BCUT2D eigenvalue weighted by atomic mass is 9.85. The van der Waals surface area contributed by atoms with Crippen molar-refractivity contribution in [2.24, 2.45) is 28.1 Å². The van der Waals surface area contributed by atoms with Crippen LogP contribution < -0.4 is 5.73 Å². The first-order chi connectivity index (χ1) is 8.46. The van der Waals surface area contributed by atoms with E-state index < -0.39 is 0 Å². The summed E-state index contributed by atoms with van der Waals surface area (Å²) in [5, 5.41) is 11.8. The third kappa shape index (κ3) is 2.97. The first-order valence-corrected chi connectivity index (χ1v) is 7.16. The van der Waals surface area contributed by atoms with Crippen molar-refractivity contribution in [2.45, 2.75) is 52.5 Å². The summed E-state index contributed by atoms with van der Waals surface area (Å²) >= 11 is 0. The highest BCUT2D eigenvalue weighted by atomic mass is 16.4. The fourth-order valence-electron chi connectivity index (χ4n) is 3.46. The van der Waals surface area contributed by atoms with E-state index in [-0.39, 0.29) is 0 Å². The minimum Gasteiger partial charge on any atom is -0.409 e. The number of piperidine rings is 1. The third-order valence-corrected chi connectivity index (χ3v) is 4.90. The SMILES string of the molecule is CC1CC(C)C(C)N(CC2(CC(N)=NO)CC2)C1. The van der Waals surface area contributed by atoms with Gasteiger partial charge in [-0.25, -0.2) is 0 Å². The maximum absolute atomic E-state index is 8.72. The minimum atomic E-state index is 0.293. The Morgan fingerprint density at radius 2 is 2.06 bits per heavy atom. The van der Waals surface area contributed by atoms with Crippen molar-refractivity contribution in [1.82, 2.24) is 4.90 Å². The van der Waals surface area contributed by atoms with Crippen LogP contribution in [0.4, 0.5) is 0 Å². The monoisotopic (exact) mass is 253 g/mol. The summed E-state index contributed by atoms with van der Waals surface area (Å²) in [4.78, 5) is 2.62. The molecule has 3 unspecified atom stereocenters. The van der Waals surface area contributed by atoms with Gasteiger partial charge >= 0.3 is 0 Å². The van der Waals surface area contributed by atoms with Crippen LogP contribution in [0, 0.1) is 17.3 Å². The van der Waals surface area contributed by atoms with Crippen LogP contribution in [0.1, 0.15) is 46.5 Å². The van der Waals surface area contributed by atoms with Crippen molar-refractivity contribution in [3.05, 3.63) is 0 Å². The highest BCUT2D eigenvalue weighted by Gasteiger charge is 2.46. The molecule has 1 saturated heterocycles. The van der Waals surface area contributed by atoms with Crippen molar-refractivity contribution in [1.29, 1.82) is 0 Å². The maximum Gasteiger partial charge on any atom is 0.139 e. The number of nitrogens with zero attached hydrogens (tertiary/aromatic N) is 2. The molecule has 104 valence electrons. The van der Waals surface area contributed by atoms with Crippen LogP contribution in [-0.2, 0) is 0 Å². The van der Waals surface area contributed by atoms with Gasteiger partial charge in [0.2, 0.25) is 0 Å². The minimum absolute atomic E-state index is 0.293. The zero-order chi connectivity index (χ0) is 13.3. The van der Waals surface area contributed by atoms with Gasteiger partial charge in [0.05, 0.1) is 0 Å². The van der Waals surface area contributed by atoms with Gasteiger partial charge in [0.15, 0.2) is 0 Å². The summed E-state index contributed by atoms with van der Waals surface area (Å²) in [7, 11) is 0. The second-order valence-corrected chi connectivity index (χ2v) is 6.76. The molecule has 0 amide bonds.